The summed E-state index contributed by atoms with van der Waals surface area (Å²) in [5.74, 6) is 0. The van der Waals surface area contributed by atoms with Gasteiger partial charge in [0.1, 0.15) is 0 Å². The van der Waals surface area contributed by atoms with Crippen molar-refractivity contribution in [3.8, 4) is 0 Å². The fourth-order valence-electron chi connectivity index (χ4n) is 1.42. The zero-order chi connectivity index (χ0) is 9.80. The van der Waals surface area contributed by atoms with Crippen molar-refractivity contribution in [2.45, 2.75) is 12.5 Å². The topological polar surface area (TPSA) is 21.3 Å². The van der Waals surface area contributed by atoms with E-state index in [4.69, 9.17) is 4.74 Å². The third-order valence-electron chi connectivity index (χ3n) is 2.38. The first kappa shape index (κ1) is 10.1. The summed E-state index contributed by atoms with van der Waals surface area (Å²) in [5, 5.41) is 3.19. The Morgan fingerprint density at radius 1 is 1.43 bits per heavy atom. The molecule has 1 N–H and O–H groups in total. The number of rotatable bonds is 4. The van der Waals surface area contributed by atoms with Gasteiger partial charge in [-0.1, -0.05) is 28.1 Å². The van der Waals surface area contributed by atoms with Crippen LogP contribution in [0.15, 0.2) is 28.7 Å². The first-order chi connectivity index (χ1) is 6.84. The van der Waals surface area contributed by atoms with Crippen LogP contribution in [-0.2, 0) is 11.2 Å². The van der Waals surface area contributed by atoms with E-state index in [1.165, 1.54) is 5.56 Å². The van der Waals surface area contributed by atoms with Gasteiger partial charge in [0.2, 0.25) is 0 Å². The van der Waals surface area contributed by atoms with Crippen LogP contribution in [0.1, 0.15) is 5.56 Å². The van der Waals surface area contributed by atoms with Gasteiger partial charge < -0.3 is 10.1 Å². The first-order valence-corrected chi connectivity index (χ1v) is 5.70. The fraction of sp³-hybridized carbons (Fsp3) is 0.455. The Morgan fingerprint density at radius 2 is 2.29 bits per heavy atom. The van der Waals surface area contributed by atoms with Gasteiger partial charge in [0, 0.05) is 17.6 Å². The second-order valence-corrected chi connectivity index (χ2v) is 4.45. The SMILES string of the molecule is Brc1cccc(CCOC2CNC2)c1. The molecule has 0 aromatic heterocycles. The van der Waals surface area contributed by atoms with Crippen molar-refractivity contribution < 1.29 is 4.74 Å². The minimum atomic E-state index is 0.446. The molecule has 14 heavy (non-hydrogen) atoms. The second-order valence-electron chi connectivity index (χ2n) is 3.53. The molecule has 0 amide bonds. The van der Waals surface area contributed by atoms with Gasteiger partial charge in [-0.2, -0.15) is 0 Å². The molecule has 0 atom stereocenters. The molecule has 1 aromatic carbocycles. The summed E-state index contributed by atoms with van der Waals surface area (Å²) in [7, 11) is 0. The van der Waals surface area contributed by atoms with Crippen LogP contribution in [0.4, 0.5) is 0 Å². The van der Waals surface area contributed by atoms with Crippen LogP contribution >= 0.6 is 15.9 Å². The molecule has 76 valence electrons. The van der Waals surface area contributed by atoms with E-state index >= 15 is 0 Å². The van der Waals surface area contributed by atoms with Gasteiger partial charge in [-0.25, -0.2) is 0 Å². The summed E-state index contributed by atoms with van der Waals surface area (Å²) in [4.78, 5) is 0. The highest BCUT2D eigenvalue weighted by Gasteiger charge is 2.16. The molecule has 1 saturated heterocycles. The van der Waals surface area contributed by atoms with Crippen LogP contribution in [0.25, 0.3) is 0 Å². The third-order valence-corrected chi connectivity index (χ3v) is 2.87. The molecule has 2 nitrogen and oxygen atoms in total. The molecule has 1 aliphatic rings. The number of benzene rings is 1. The van der Waals surface area contributed by atoms with E-state index in [1.807, 2.05) is 6.07 Å². The Balaban J connectivity index is 1.74. The molecule has 0 bridgehead atoms. The number of hydrogen-bond donors (Lipinski definition) is 1. The summed E-state index contributed by atoms with van der Waals surface area (Å²) in [6.07, 6.45) is 1.44. The van der Waals surface area contributed by atoms with Crippen LogP contribution < -0.4 is 5.32 Å². The Kier molecular flexibility index (Phi) is 3.56. The van der Waals surface area contributed by atoms with E-state index in [0.29, 0.717) is 6.10 Å². The Bertz CT molecular complexity index is 299. The van der Waals surface area contributed by atoms with Crippen LogP contribution in [0.5, 0.6) is 0 Å². The summed E-state index contributed by atoms with van der Waals surface area (Å²) in [6, 6.07) is 8.38. The Labute approximate surface area is 92.8 Å². The average molecular weight is 256 g/mol. The van der Waals surface area contributed by atoms with Crippen molar-refractivity contribution in [3.63, 3.8) is 0 Å². The lowest BCUT2D eigenvalue weighted by atomic mass is 10.1. The van der Waals surface area contributed by atoms with Crippen LogP contribution in [0, 0.1) is 0 Å². The normalized spacial score (nSPS) is 16.6. The monoisotopic (exact) mass is 255 g/mol. The highest BCUT2D eigenvalue weighted by molar-refractivity contribution is 9.10. The van der Waals surface area contributed by atoms with E-state index in [9.17, 15) is 0 Å². The van der Waals surface area contributed by atoms with E-state index in [2.05, 4.69) is 39.4 Å². The van der Waals surface area contributed by atoms with Crippen molar-refractivity contribution >= 4 is 15.9 Å². The van der Waals surface area contributed by atoms with Gasteiger partial charge in [0.15, 0.2) is 0 Å². The van der Waals surface area contributed by atoms with Crippen molar-refractivity contribution in [3.05, 3.63) is 34.3 Å². The molecule has 1 heterocycles. The van der Waals surface area contributed by atoms with Crippen LogP contribution in [0.3, 0.4) is 0 Å². The van der Waals surface area contributed by atoms with Crippen molar-refractivity contribution in [1.29, 1.82) is 0 Å². The second kappa shape index (κ2) is 4.91. The number of hydrogen-bond acceptors (Lipinski definition) is 2. The van der Waals surface area contributed by atoms with Gasteiger partial charge in [-0.05, 0) is 24.1 Å². The van der Waals surface area contributed by atoms with Gasteiger partial charge in [-0.3, -0.25) is 0 Å². The van der Waals surface area contributed by atoms with E-state index in [-0.39, 0.29) is 0 Å². The zero-order valence-electron chi connectivity index (χ0n) is 8.00. The predicted molar refractivity (Wildman–Crippen MR) is 60.5 cm³/mol. The minimum Gasteiger partial charge on any atom is -0.375 e. The van der Waals surface area contributed by atoms with Crippen molar-refractivity contribution in [2.75, 3.05) is 19.7 Å². The van der Waals surface area contributed by atoms with Crippen LogP contribution in [-0.4, -0.2) is 25.8 Å². The summed E-state index contributed by atoms with van der Waals surface area (Å²) >= 11 is 3.46. The highest BCUT2D eigenvalue weighted by atomic mass is 79.9. The lowest BCUT2D eigenvalue weighted by Gasteiger charge is -2.27. The van der Waals surface area contributed by atoms with E-state index < -0.39 is 0 Å². The zero-order valence-corrected chi connectivity index (χ0v) is 9.59. The molecule has 0 aliphatic carbocycles. The molecule has 0 radical (unpaired) electrons. The van der Waals surface area contributed by atoms with Gasteiger partial charge in [0.25, 0.3) is 0 Å². The lowest BCUT2D eigenvalue weighted by Crippen LogP contribution is -2.48. The molecule has 2 rings (SSSR count). The molecule has 0 unspecified atom stereocenters. The molecular weight excluding hydrogens is 242 g/mol. The van der Waals surface area contributed by atoms with E-state index in [1.54, 1.807) is 0 Å². The van der Waals surface area contributed by atoms with Crippen molar-refractivity contribution in [2.24, 2.45) is 0 Å². The van der Waals surface area contributed by atoms with Crippen LogP contribution in [0.2, 0.25) is 0 Å². The molecule has 1 fully saturated rings. The third kappa shape index (κ3) is 2.80. The van der Waals surface area contributed by atoms with Gasteiger partial charge >= 0.3 is 0 Å². The summed E-state index contributed by atoms with van der Waals surface area (Å²) in [6.45, 7) is 2.85. The Hall–Kier alpha value is -0.380. The van der Waals surface area contributed by atoms with Gasteiger partial charge in [-0.15, -0.1) is 0 Å². The Morgan fingerprint density at radius 3 is 2.93 bits per heavy atom. The number of nitrogens with one attached hydrogen (secondary N) is 1. The fourth-order valence-corrected chi connectivity index (χ4v) is 1.86. The maximum Gasteiger partial charge on any atom is 0.0823 e. The predicted octanol–water partition coefficient (Wildman–Crippen LogP) is 1.98. The minimum absolute atomic E-state index is 0.446. The lowest BCUT2D eigenvalue weighted by molar-refractivity contribution is 0.0208. The van der Waals surface area contributed by atoms with E-state index in [0.717, 1.165) is 30.6 Å². The first-order valence-electron chi connectivity index (χ1n) is 4.91. The quantitative estimate of drug-likeness (QED) is 0.889. The molecule has 0 spiro atoms. The largest absolute Gasteiger partial charge is 0.375 e. The molecule has 0 saturated carbocycles. The van der Waals surface area contributed by atoms with Gasteiger partial charge in [0.05, 0.1) is 12.7 Å². The summed E-state index contributed by atoms with van der Waals surface area (Å²) < 4.78 is 6.78. The molecular formula is C11H14BrNO. The maximum absolute atomic E-state index is 5.64. The smallest absolute Gasteiger partial charge is 0.0823 e. The molecule has 1 aliphatic heterocycles. The maximum atomic E-state index is 5.64. The molecule has 3 heteroatoms. The number of halogens is 1. The molecule has 1 aromatic rings. The standard InChI is InChI=1S/C11H14BrNO/c12-10-3-1-2-9(6-10)4-5-14-11-7-13-8-11/h1-3,6,11,13H,4-5,7-8H2. The highest BCUT2D eigenvalue weighted by Crippen LogP contribution is 2.12. The average Bonchev–Trinajstić information content (AvgIpc) is 2.09. The van der Waals surface area contributed by atoms with Crippen molar-refractivity contribution in [1.82, 2.24) is 5.32 Å². The number of ether oxygens (including phenoxy) is 1. The summed E-state index contributed by atoms with van der Waals surface area (Å²) in [5.41, 5.74) is 1.33.